The normalized spacial score (nSPS) is 24.8. The van der Waals surface area contributed by atoms with Crippen LogP contribution in [0.25, 0.3) is 0 Å². The number of aliphatic hydroxyl groups is 1. The topological polar surface area (TPSA) is 49.8 Å². The molecule has 1 heterocycles. The lowest BCUT2D eigenvalue weighted by Gasteiger charge is -2.20. The molecule has 1 N–H and O–H groups in total. The van der Waals surface area contributed by atoms with Gasteiger partial charge in [0, 0.05) is 12.2 Å². The Hall–Kier alpha value is -1.46. The van der Waals surface area contributed by atoms with Gasteiger partial charge in [-0.15, -0.1) is 0 Å². The molecule has 5 heteroatoms. The van der Waals surface area contributed by atoms with E-state index in [4.69, 9.17) is 9.84 Å². The predicted molar refractivity (Wildman–Crippen MR) is 55.6 cm³/mol. The third kappa shape index (κ3) is 2.05. The van der Waals surface area contributed by atoms with Crippen LogP contribution in [-0.2, 0) is 9.53 Å². The molecule has 2 unspecified atom stereocenters. The molecule has 0 radical (unpaired) electrons. The number of aliphatic hydroxyl groups excluding tert-OH is 1. The fourth-order valence-corrected chi connectivity index (χ4v) is 1.75. The quantitative estimate of drug-likeness (QED) is 0.763. The summed E-state index contributed by atoms with van der Waals surface area (Å²) >= 11 is 0. The van der Waals surface area contributed by atoms with E-state index in [1.165, 1.54) is 12.1 Å². The highest BCUT2D eigenvalue weighted by atomic mass is 19.1. The maximum Gasteiger partial charge on any atom is 0.187 e. The number of nitrogens with zero attached hydrogens (tertiary/aromatic N) is 1. The molecule has 16 heavy (non-hydrogen) atoms. The number of hydrogen-bond donors (Lipinski definition) is 1. The van der Waals surface area contributed by atoms with Crippen molar-refractivity contribution in [2.45, 2.75) is 12.3 Å². The molecule has 2 rings (SSSR count). The molecule has 0 amide bonds. The van der Waals surface area contributed by atoms with Crippen LogP contribution in [-0.4, -0.2) is 36.9 Å². The fourth-order valence-electron chi connectivity index (χ4n) is 1.75. The predicted octanol–water partition coefficient (Wildman–Crippen LogP) is 0.548. The molecule has 1 fully saturated rings. The van der Waals surface area contributed by atoms with Gasteiger partial charge >= 0.3 is 0 Å². The summed E-state index contributed by atoms with van der Waals surface area (Å²) in [6, 6.07) is 5.93. The van der Waals surface area contributed by atoms with E-state index in [0.29, 0.717) is 18.5 Å². The number of ether oxygens (including phenoxy) is 1. The number of aldehydes is 1. The summed E-state index contributed by atoms with van der Waals surface area (Å²) in [6.45, 7) is 0.222. The molecule has 1 aromatic rings. The first-order chi connectivity index (χ1) is 7.74. The molecule has 2 atom stereocenters. The molecule has 1 saturated heterocycles. The van der Waals surface area contributed by atoms with Gasteiger partial charge in [0.25, 0.3) is 0 Å². The fraction of sp³-hybridized carbons (Fsp3) is 0.364. The van der Waals surface area contributed by atoms with Crippen LogP contribution < -0.4 is 4.90 Å². The van der Waals surface area contributed by atoms with Crippen LogP contribution in [0.4, 0.5) is 10.1 Å². The summed E-state index contributed by atoms with van der Waals surface area (Å²) in [4.78, 5) is 12.4. The number of anilines is 1. The van der Waals surface area contributed by atoms with Gasteiger partial charge in [-0.25, -0.2) is 4.39 Å². The number of hydrogen-bond acceptors (Lipinski definition) is 4. The molecule has 4 nitrogen and oxygen atoms in total. The van der Waals surface area contributed by atoms with Crippen LogP contribution >= 0.6 is 0 Å². The van der Waals surface area contributed by atoms with Gasteiger partial charge in [0.1, 0.15) is 11.9 Å². The van der Waals surface area contributed by atoms with Crippen LogP contribution in [0.5, 0.6) is 0 Å². The van der Waals surface area contributed by atoms with E-state index in [0.717, 1.165) is 0 Å². The zero-order chi connectivity index (χ0) is 11.5. The van der Waals surface area contributed by atoms with E-state index in [-0.39, 0.29) is 12.4 Å². The smallest absolute Gasteiger partial charge is 0.187 e. The van der Waals surface area contributed by atoms with Crippen molar-refractivity contribution in [2.75, 3.05) is 18.1 Å². The van der Waals surface area contributed by atoms with Crippen molar-refractivity contribution in [3.8, 4) is 0 Å². The second-order valence-electron chi connectivity index (χ2n) is 3.60. The number of carbonyl (C=O) groups excluding carboxylic acids is 1. The van der Waals surface area contributed by atoms with Crippen molar-refractivity contribution in [3.63, 3.8) is 0 Å². The second kappa shape index (κ2) is 4.59. The van der Waals surface area contributed by atoms with Crippen LogP contribution in [0.15, 0.2) is 24.3 Å². The molecule has 86 valence electrons. The summed E-state index contributed by atoms with van der Waals surface area (Å²) < 4.78 is 18.3. The van der Waals surface area contributed by atoms with E-state index in [2.05, 4.69) is 0 Å². The van der Waals surface area contributed by atoms with Gasteiger partial charge in [-0.05, 0) is 18.2 Å². The van der Waals surface area contributed by atoms with E-state index < -0.39 is 12.3 Å². The van der Waals surface area contributed by atoms with Crippen LogP contribution in [0, 0.1) is 5.82 Å². The lowest BCUT2D eigenvalue weighted by Crippen LogP contribution is -2.31. The summed E-state index contributed by atoms with van der Waals surface area (Å²) in [5.74, 6) is -0.366. The minimum absolute atomic E-state index is 0.157. The largest absolute Gasteiger partial charge is 0.394 e. The highest BCUT2D eigenvalue weighted by Gasteiger charge is 2.32. The van der Waals surface area contributed by atoms with Gasteiger partial charge in [0.2, 0.25) is 0 Å². The molecular formula is C11H12FNO3. The van der Waals surface area contributed by atoms with E-state index in [1.54, 1.807) is 17.0 Å². The van der Waals surface area contributed by atoms with Crippen molar-refractivity contribution in [3.05, 3.63) is 30.1 Å². The summed E-state index contributed by atoms with van der Waals surface area (Å²) in [7, 11) is 0. The number of rotatable bonds is 3. The minimum atomic E-state index is -0.751. The lowest BCUT2D eigenvalue weighted by atomic mass is 10.2. The van der Waals surface area contributed by atoms with Gasteiger partial charge in [0.05, 0.1) is 6.61 Å². The van der Waals surface area contributed by atoms with Crippen LogP contribution in [0.1, 0.15) is 0 Å². The first kappa shape index (κ1) is 11.0. The molecule has 1 aliphatic rings. The first-order valence-corrected chi connectivity index (χ1v) is 4.98. The van der Waals surface area contributed by atoms with Crippen molar-refractivity contribution in [1.82, 2.24) is 0 Å². The maximum atomic E-state index is 13.0. The Morgan fingerprint density at radius 2 is 2.44 bits per heavy atom. The molecule has 1 aliphatic heterocycles. The SMILES string of the molecule is O=CC1OC(CO)CN1c1cccc(F)c1. The lowest BCUT2D eigenvalue weighted by molar-refractivity contribution is -0.117. The van der Waals surface area contributed by atoms with E-state index in [9.17, 15) is 9.18 Å². The van der Waals surface area contributed by atoms with Gasteiger partial charge in [-0.1, -0.05) is 6.07 Å². The zero-order valence-electron chi connectivity index (χ0n) is 8.54. The first-order valence-electron chi connectivity index (χ1n) is 4.98. The number of carbonyl (C=O) groups is 1. The highest BCUT2D eigenvalue weighted by Crippen LogP contribution is 2.24. The van der Waals surface area contributed by atoms with Crippen molar-refractivity contribution in [2.24, 2.45) is 0 Å². The molecule has 0 bridgehead atoms. The third-order valence-electron chi connectivity index (χ3n) is 2.50. The molecule has 1 aromatic carbocycles. The second-order valence-corrected chi connectivity index (χ2v) is 3.60. The Labute approximate surface area is 92.2 Å². The standard InChI is InChI=1S/C11H12FNO3/c12-8-2-1-3-9(4-8)13-5-10(6-14)16-11(13)7-15/h1-4,7,10-11,14H,5-6H2. The zero-order valence-corrected chi connectivity index (χ0v) is 8.54. The van der Waals surface area contributed by atoms with Gasteiger partial charge in [-0.3, -0.25) is 4.79 Å². The van der Waals surface area contributed by atoms with Crippen LogP contribution in [0.2, 0.25) is 0 Å². The van der Waals surface area contributed by atoms with Gasteiger partial charge in [-0.2, -0.15) is 0 Å². The Kier molecular flexibility index (Phi) is 3.17. The molecular weight excluding hydrogens is 213 g/mol. The molecule has 0 saturated carbocycles. The van der Waals surface area contributed by atoms with E-state index in [1.807, 2.05) is 0 Å². The highest BCUT2D eigenvalue weighted by molar-refractivity contribution is 5.65. The summed E-state index contributed by atoms with van der Waals surface area (Å²) in [5, 5.41) is 8.96. The van der Waals surface area contributed by atoms with Crippen molar-refractivity contribution >= 4 is 12.0 Å². The number of halogens is 1. The Morgan fingerprint density at radius 3 is 3.06 bits per heavy atom. The molecule has 0 spiro atoms. The average Bonchev–Trinajstić information content (AvgIpc) is 2.72. The van der Waals surface area contributed by atoms with Crippen molar-refractivity contribution < 1.29 is 19.0 Å². The maximum absolute atomic E-state index is 13.0. The summed E-state index contributed by atoms with van der Waals surface area (Å²) in [5.41, 5.74) is 0.577. The Balaban J connectivity index is 2.22. The van der Waals surface area contributed by atoms with E-state index >= 15 is 0 Å². The van der Waals surface area contributed by atoms with Gasteiger partial charge in [0.15, 0.2) is 12.5 Å². The Bertz CT molecular complexity index is 385. The third-order valence-corrected chi connectivity index (χ3v) is 2.50. The summed E-state index contributed by atoms with van der Waals surface area (Å²) in [6.07, 6.45) is -0.516. The number of benzene rings is 1. The average molecular weight is 225 g/mol. The molecule has 0 aromatic heterocycles. The Morgan fingerprint density at radius 1 is 1.62 bits per heavy atom. The van der Waals surface area contributed by atoms with Crippen LogP contribution in [0.3, 0.4) is 0 Å². The molecule has 0 aliphatic carbocycles. The van der Waals surface area contributed by atoms with Gasteiger partial charge < -0.3 is 14.7 Å². The monoisotopic (exact) mass is 225 g/mol. The minimum Gasteiger partial charge on any atom is -0.394 e. The van der Waals surface area contributed by atoms with Crippen molar-refractivity contribution in [1.29, 1.82) is 0 Å².